The van der Waals surface area contributed by atoms with Crippen LogP contribution in [-0.4, -0.2) is 34.8 Å². The number of carbonyl (C=O) groups is 2. The standard InChI is InChI=1S/C20H20N2O4S2/c1-11-12(2)28-19-17(11)18(21-13(3)22-19)27-10-16(23)26-9-14-6-5-7-15(8-14)20(24)25-4/h5-8H,9-10H2,1-4H3. The average Bonchev–Trinajstić information content (AvgIpc) is 2.97. The number of methoxy groups -OCH3 is 1. The van der Waals surface area contributed by atoms with Gasteiger partial charge in [0.2, 0.25) is 0 Å². The summed E-state index contributed by atoms with van der Waals surface area (Å²) < 4.78 is 10.0. The summed E-state index contributed by atoms with van der Waals surface area (Å²) in [6.45, 7) is 6.05. The maximum absolute atomic E-state index is 12.2. The average molecular weight is 417 g/mol. The summed E-state index contributed by atoms with van der Waals surface area (Å²) in [6.07, 6.45) is 0. The van der Waals surface area contributed by atoms with E-state index in [9.17, 15) is 9.59 Å². The van der Waals surface area contributed by atoms with Crippen LogP contribution >= 0.6 is 23.1 Å². The molecule has 8 heteroatoms. The molecule has 0 saturated carbocycles. The molecule has 0 spiro atoms. The molecule has 0 amide bonds. The molecule has 0 N–H and O–H groups in total. The van der Waals surface area contributed by atoms with Crippen LogP contribution in [0.3, 0.4) is 0 Å². The monoisotopic (exact) mass is 416 g/mol. The summed E-state index contributed by atoms with van der Waals surface area (Å²) in [5, 5.41) is 1.81. The molecule has 0 saturated heterocycles. The number of benzene rings is 1. The highest BCUT2D eigenvalue weighted by Crippen LogP contribution is 2.35. The number of hydrogen-bond acceptors (Lipinski definition) is 8. The molecule has 0 aliphatic carbocycles. The number of carbonyl (C=O) groups excluding carboxylic acids is 2. The molecule has 6 nitrogen and oxygen atoms in total. The Labute approximate surface area is 171 Å². The molecule has 146 valence electrons. The lowest BCUT2D eigenvalue weighted by atomic mass is 10.1. The fraction of sp³-hybridized carbons (Fsp3) is 0.300. The molecule has 2 heterocycles. The van der Waals surface area contributed by atoms with E-state index in [1.54, 1.807) is 35.6 Å². The zero-order chi connectivity index (χ0) is 20.3. The van der Waals surface area contributed by atoms with Gasteiger partial charge in [-0.15, -0.1) is 11.3 Å². The second-order valence-electron chi connectivity index (χ2n) is 6.18. The van der Waals surface area contributed by atoms with Crippen molar-refractivity contribution in [1.29, 1.82) is 0 Å². The van der Waals surface area contributed by atoms with Crippen LogP contribution in [0.4, 0.5) is 0 Å². The molecule has 0 bridgehead atoms. The van der Waals surface area contributed by atoms with Crippen LogP contribution in [0.5, 0.6) is 0 Å². The van der Waals surface area contributed by atoms with Gasteiger partial charge >= 0.3 is 11.9 Å². The molecule has 0 unspecified atom stereocenters. The predicted octanol–water partition coefficient (Wildman–Crippen LogP) is 4.24. The summed E-state index contributed by atoms with van der Waals surface area (Å²) in [5.41, 5.74) is 2.30. The summed E-state index contributed by atoms with van der Waals surface area (Å²) in [4.78, 5) is 34.9. The third-order valence-electron chi connectivity index (χ3n) is 4.18. The van der Waals surface area contributed by atoms with Gasteiger partial charge in [-0.3, -0.25) is 4.79 Å². The Hall–Kier alpha value is -2.45. The number of ether oxygens (including phenoxy) is 2. The van der Waals surface area contributed by atoms with Gasteiger partial charge < -0.3 is 9.47 Å². The molecule has 1 aromatic carbocycles. The van der Waals surface area contributed by atoms with Crippen LogP contribution < -0.4 is 0 Å². The normalized spacial score (nSPS) is 10.9. The Morgan fingerprint density at radius 3 is 2.71 bits per heavy atom. The number of fused-ring (bicyclic) bond motifs is 1. The summed E-state index contributed by atoms with van der Waals surface area (Å²) >= 11 is 2.99. The topological polar surface area (TPSA) is 78.4 Å². The first-order valence-electron chi connectivity index (χ1n) is 8.59. The van der Waals surface area contributed by atoms with Crippen LogP contribution in [0, 0.1) is 20.8 Å². The number of hydrogen-bond donors (Lipinski definition) is 0. The highest BCUT2D eigenvalue weighted by atomic mass is 32.2. The Morgan fingerprint density at radius 2 is 1.96 bits per heavy atom. The smallest absolute Gasteiger partial charge is 0.337 e. The number of thiophene rings is 1. The van der Waals surface area contributed by atoms with Gasteiger partial charge in [-0.25, -0.2) is 14.8 Å². The Kier molecular flexibility index (Phi) is 6.31. The highest BCUT2D eigenvalue weighted by molar-refractivity contribution is 8.00. The van der Waals surface area contributed by atoms with Crippen molar-refractivity contribution in [3.63, 3.8) is 0 Å². The number of esters is 2. The van der Waals surface area contributed by atoms with Crippen molar-refractivity contribution in [1.82, 2.24) is 9.97 Å². The van der Waals surface area contributed by atoms with Crippen LogP contribution in [0.25, 0.3) is 10.2 Å². The zero-order valence-electron chi connectivity index (χ0n) is 16.1. The first-order valence-corrected chi connectivity index (χ1v) is 10.4. The van der Waals surface area contributed by atoms with Crippen molar-refractivity contribution in [3.8, 4) is 0 Å². The number of nitrogens with zero attached hydrogens (tertiary/aromatic N) is 2. The van der Waals surface area contributed by atoms with E-state index in [1.807, 2.05) is 13.8 Å². The van der Waals surface area contributed by atoms with Crippen molar-refractivity contribution in [2.24, 2.45) is 0 Å². The minimum absolute atomic E-state index is 0.0963. The molecule has 0 aliphatic heterocycles. The molecule has 28 heavy (non-hydrogen) atoms. The maximum atomic E-state index is 12.2. The van der Waals surface area contributed by atoms with Gasteiger partial charge in [-0.1, -0.05) is 23.9 Å². The van der Waals surface area contributed by atoms with Crippen LogP contribution in [-0.2, 0) is 20.9 Å². The molecule has 3 rings (SSSR count). The van der Waals surface area contributed by atoms with Gasteiger partial charge in [0.15, 0.2) is 0 Å². The fourth-order valence-electron chi connectivity index (χ4n) is 2.66. The first-order chi connectivity index (χ1) is 13.4. The lowest BCUT2D eigenvalue weighted by Gasteiger charge is -2.07. The number of aryl methyl sites for hydroxylation is 3. The fourth-order valence-corrected chi connectivity index (χ4v) is 4.73. The minimum atomic E-state index is -0.423. The van der Waals surface area contributed by atoms with E-state index in [4.69, 9.17) is 9.47 Å². The van der Waals surface area contributed by atoms with Gasteiger partial charge in [0, 0.05) is 10.3 Å². The summed E-state index contributed by atoms with van der Waals surface area (Å²) in [5.74, 6) is 0.0661. The zero-order valence-corrected chi connectivity index (χ0v) is 17.7. The van der Waals surface area contributed by atoms with Crippen molar-refractivity contribution < 1.29 is 19.1 Å². The van der Waals surface area contributed by atoms with Crippen LogP contribution in [0.1, 0.15) is 32.2 Å². The lowest BCUT2D eigenvalue weighted by molar-refractivity contribution is -0.141. The lowest BCUT2D eigenvalue weighted by Crippen LogP contribution is -2.08. The quantitative estimate of drug-likeness (QED) is 0.338. The van der Waals surface area contributed by atoms with Crippen molar-refractivity contribution in [2.45, 2.75) is 32.4 Å². The van der Waals surface area contributed by atoms with E-state index in [-0.39, 0.29) is 18.3 Å². The largest absolute Gasteiger partial charge is 0.465 e. The van der Waals surface area contributed by atoms with Crippen molar-refractivity contribution in [2.75, 3.05) is 12.9 Å². The van der Waals surface area contributed by atoms with Gasteiger partial charge in [0.05, 0.1) is 18.4 Å². The van der Waals surface area contributed by atoms with E-state index in [0.29, 0.717) is 11.4 Å². The number of rotatable bonds is 6. The van der Waals surface area contributed by atoms with Crippen molar-refractivity contribution >= 4 is 45.3 Å². The van der Waals surface area contributed by atoms with Crippen LogP contribution in [0.2, 0.25) is 0 Å². The Balaban J connectivity index is 1.64. The molecule has 0 fully saturated rings. The van der Waals surface area contributed by atoms with E-state index in [1.165, 1.54) is 23.7 Å². The molecule has 0 aliphatic rings. The van der Waals surface area contributed by atoms with Crippen LogP contribution in [0.15, 0.2) is 29.3 Å². The van der Waals surface area contributed by atoms with E-state index in [0.717, 1.165) is 26.4 Å². The van der Waals surface area contributed by atoms with Gasteiger partial charge in [0.1, 0.15) is 22.3 Å². The van der Waals surface area contributed by atoms with Gasteiger partial charge in [0.25, 0.3) is 0 Å². The molecule has 2 aromatic heterocycles. The number of aromatic nitrogens is 2. The molecule has 0 atom stereocenters. The third kappa shape index (κ3) is 4.51. The summed E-state index contributed by atoms with van der Waals surface area (Å²) in [7, 11) is 1.33. The third-order valence-corrected chi connectivity index (χ3v) is 6.23. The Bertz CT molecular complexity index is 1050. The minimum Gasteiger partial charge on any atom is -0.465 e. The van der Waals surface area contributed by atoms with E-state index < -0.39 is 5.97 Å². The molecule has 3 aromatic rings. The van der Waals surface area contributed by atoms with Gasteiger partial charge in [-0.05, 0) is 44.0 Å². The SMILES string of the molecule is COC(=O)c1cccc(COC(=O)CSc2nc(C)nc3sc(C)c(C)c23)c1. The molecule has 0 radical (unpaired) electrons. The second kappa shape index (κ2) is 8.70. The van der Waals surface area contributed by atoms with E-state index >= 15 is 0 Å². The highest BCUT2D eigenvalue weighted by Gasteiger charge is 2.15. The molecular weight excluding hydrogens is 396 g/mol. The summed E-state index contributed by atoms with van der Waals surface area (Å²) in [6, 6.07) is 6.83. The Morgan fingerprint density at radius 1 is 1.18 bits per heavy atom. The first kappa shape index (κ1) is 20.3. The maximum Gasteiger partial charge on any atom is 0.337 e. The van der Waals surface area contributed by atoms with Gasteiger partial charge in [-0.2, -0.15) is 0 Å². The predicted molar refractivity (Wildman–Crippen MR) is 110 cm³/mol. The van der Waals surface area contributed by atoms with Crippen molar-refractivity contribution in [3.05, 3.63) is 51.7 Å². The number of thioether (sulfide) groups is 1. The molecular formula is C20H20N2O4S2. The second-order valence-corrected chi connectivity index (χ2v) is 8.35. The van der Waals surface area contributed by atoms with E-state index in [2.05, 4.69) is 16.9 Å².